The van der Waals surface area contributed by atoms with Crippen LogP contribution in [-0.2, 0) is 0 Å². The summed E-state index contributed by atoms with van der Waals surface area (Å²) in [4.78, 5) is 4.49. The quantitative estimate of drug-likeness (QED) is 0.379. The Morgan fingerprint density at radius 2 is 1.79 bits per heavy atom. The highest BCUT2D eigenvalue weighted by Gasteiger charge is 2.41. The van der Waals surface area contributed by atoms with Gasteiger partial charge in [-0.25, -0.2) is 4.68 Å². The molecule has 0 aliphatic carbocycles. The third-order valence-electron chi connectivity index (χ3n) is 6.20. The second-order valence-electron chi connectivity index (χ2n) is 8.05. The van der Waals surface area contributed by atoms with Crippen molar-refractivity contribution < 1.29 is 14.2 Å². The largest absolute Gasteiger partial charge is 0.493 e. The van der Waals surface area contributed by atoms with Crippen molar-refractivity contribution in [2.45, 2.75) is 12.1 Å². The predicted molar refractivity (Wildman–Crippen MR) is 132 cm³/mol. The van der Waals surface area contributed by atoms with E-state index in [9.17, 15) is 0 Å². The Kier molecular flexibility index (Phi) is 5.03. The molecule has 34 heavy (non-hydrogen) atoms. The summed E-state index contributed by atoms with van der Waals surface area (Å²) in [6, 6.07) is 21.9. The lowest BCUT2D eigenvalue weighted by atomic mass is 9.84. The molecule has 170 valence electrons. The third kappa shape index (κ3) is 3.25. The van der Waals surface area contributed by atoms with E-state index >= 15 is 0 Å². The molecule has 3 heterocycles. The van der Waals surface area contributed by atoms with E-state index in [0.29, 0.717) is 17.4 Å². The van der Waals surface area contributed by atoms with Crippen LogP contribution in [0.2, 0.25) is 0 Å². The number of aromatic nitrogens is 3. The molecule has 6 rings (SSSR count). The average Bonchev–Trinajstić information content (AvgIpc) is 3.35. The van der Waals surface area contributed by atoms with E-state index in [4.69, 9.17) is 14.2 Å². The molecule has 2 aliphatic heterocycles. The van der Waals surface area contributed by atoms with E-state index in [-0.39, 0.29) is 12.1 Å². The standard InChI is InChI=1S/C26H21BrN4O3/c1-32-20-11-10-15(13-21(20)33-2)24-22-23(30-26-28-14-29-31(24)26)18-8-3-4-9-19(18)34-25(22)16-6-5-7-17(27)12-16/h3-14,24-25H,1-2H3,(H,28,29,30). The highest BCUT2D eigenvalue weighted by atomic mass is 79.9. The van der Waals surface area contributed by atoms with Gasteiger partial charge in [0.05, 0.1) is 19.9 Å². The number of hydrogen-bond donors (Lipinski definition) is 1. The number of anilines is 1. The Morgan fingerprint density at radius 1 is 0.941 bits per heavy atom. The van der Waals surface area contributed by atoms with Gasteiger partial charge in [-0.1, -0.05) is 46.3 Å². The van der Waals surface area contributed by atoms with Gasteiger partial charge in [0.15, 0.2) is 11.5 Å². The van der Waals surface area contributed by atoms with Crippen LogP contribution in [-0.4, -0.2) is 29.0 Å². The van der Waals surface area contributed by atoms with Crippen LogP contribution in [0.25, 0.3) is 5.70 Å². The molecule has 0 saturated heterocycles. The first kappa shape index (κ1) is 20.8. The topological polar surface area (TPSA) is 70.4 Å². The lowest BCUT2D eigenvalue weighted by molar-refractivity contribution is 0.223. The summed E-state index contributed by atoms with van der Waals surface area (Å²) in [6.07, 6.45) is 1.22. The van der Waals surface area contributed by atoms with Crippen molar-refractivity contribution in [2.24, 2.45) is 0 Å². The van der Waals surface area contributed by atoms with Crippen LogP contribution < -0.4 is 19.5 Å². The summed E-state index contributed by atoms with van der Waals surface area (Å²) in [7, 11) is 3.27. The zero-order chi connectivity index (χ0) is 23.2. The second-order valence-corrected chi connectivity index (χ2v) is 8.97. The Morgan fingerprint density at radius 3 is 2.62 bits per heavy atom. The molecule has 0 spiro atoms. The Labute approximate surface area is 205 Å². The van der Waals surface area contributed by atoms with Crippen molar-refractivity contribution in [3.05, 3.63) is 99.8 Å². The molecule has 0 radical (unpaired) electrons. The summed E-state index contributed by atoms with van der Waals surface area (Å²) in [5.41, 5.74) is 5.03. The van der Waals surface area contributed by atoms with Crippen LogP contribution in [0.3, 0.4) is 0 Å². The Bertz CT molecular complexity index is 1430. The molecule has 4 aromatic rings. The van der Waals surface area contributed by atoms with Gasteiger partial charge in [-0.15, -0.1) is 0 Å². The van der Waals surface area contributed by atoms with Crippen LogP contribution in [0.5, 0.6) is 17.2 Å². The van der Waals surface area contributed by atoms with Gasteiger partial charge < -0.3 is 19.5 Å². The molecule has 0 amide bonds. The fourth-order valence-electron chi connectivity index (χ4n) is 4.71. The molecule has 1 aromatic heterocycles. The molecule has 0 bridgehead atoms. The summed E-state index contributed by atoms with van der Waals surface area (Å²) in [6.45, 7) is 0. The summed E-state index contributed by atoms with van der Waals surface area (Å²) >= 11 is 3.62. The zero-order valence-electron chi connectivity index (χ0n) is 18.5. The average molecular weight is 517 g/mol. The first-order valence-corrected chi connectivity index (χ1v) is 11.6. The van der Waals surface area contributed by atoms with Crippen LogP contribution in [0.4, 0.5) is 5.95 Å². The fraction of sp³-hybridized carbons (Fsp3) is 0.154. The van der Waals surface area contributed by atoms with Gasteiger partial charge in [0.25, 0.3) is 0 Å². The number of fused-ring (bicyclic) bond motifs is 3. The first-order chi connectivity index (χ1) is 16.7. The van der Waals surface area contributed by atoms with Crippen LogP contribution in [0.15, 0.2) is 83.1 Å². The van der Waals surface area contributed by atoms with Gasteiger partial charge in [-0.3, -0.25) is 0 Å². The van der Waals surface area contributed by atoms with Gasteiger partial charge in [0.1, 0.15) is 24.2 Å². The molecular weight excluding hydrogens is 496 g/mol. The molecular formula is C26H21BrN4O3. The third-order valence-corrected chi connectivity index (χ3v) is 6.69. The van der Waals surface area contributed by atoms with Gasteiger partial charge in [-0.2, -0.15) is 10.1 Å². The number of para-hydroxylation sites is 1. The van der Waals surface area contributed by atoms with Crippen molar-refractivity contribution in [3.63, 3.8) is 0 Å². The highest BCUT2D eigenvalue weighted by Crippen LogP contribution is 2.51. The van der Waals surface area contributed by atoms with Crippen LogP contribution in [0, 0.1) is 0 Å². The van der Waals surface area contributed by atoms with Gasteiger partial charge in [-0.05, 0) is 47.5 Å². The Hall–Kier alpha value is -3.78. The number of hydrogen-bond acceptors (Lipinski definition) is 6. The molecule has 0 fully saturated rings. The van der Waals surface area contributed by atoms with E-state index in [1.807, 2.05) is 53.2 Å². The van der Waals surface area contributed by atoms with Crippen molar-refractivity contribution in [2.75, 3.05) is 19.5 Å². The number of rotatable bonds is 4. The van der Waals surface area contributed by atoms with Crippen molar-refractivity contribution >= 4 is 27.6 Å². The molecule has 8 heteroatoms. The molecule has 2 unspecified atom stereocenters. The summed E-state index contributed by atoms with van der Waals surface area (Å²) in [5, 5.41) is 8.10. The van der Waals surface area contributed by atoms with E-state index in [2.05, 4.69) is 49.5 Å². The SMILES string of the molecule is COc1ccc(C2C3=C(Nc4ncnn42)c2ccccc2OC3c2cccc(Br)c2)cc1OC. The summed E-state index contributed by atoms with van der Waals surface area (Å²) < 4.78 is 20.6. The molecule has 3 aromatic carbocycles. The maximum Gasteiger partial charge on any atom is 0.226 e. The second kappa shape index (κ2) is 8.22. The fourth-order valence-corrected chi connectivity index (χ4v) is 5.12. The van der Waals surface area contributed by atoms with Gasteiger partial charge >= 0.3 is 0 Å². The minimum absolute atomic E-state index is 0.272. The number of methoxy groups -OCH3 is 2. The minimum Gasteiger partial charge on any atom is -0.493 e. The lowest BCUT2D eigenvalue weighted by Gasteiger charge is -2.39. The smallest absolute Gasteiger partial charge is 0.226 e. The molecule has 0 saturated carbocycles. The van der Waals surface area contributed by atoms with Gasteiger partial charge in [0.2, 0.25) is 5.95 Å². The summed E-state index contributed by atoms with van der Waals surface area (Å²) in [5.74, 6) is 2.81. The van der Waals surface area contributed by atoms with Gasteiger partial charge in [0, 0.05) is 15.6 Å². The number of halogens is 1. The van der Waals surface area contributed by atoms with E-state index in [1.54, 1.807) is 20.5 Å². The molecule has 2 aliphatic rings. The predicted octanol–water partition coefficient (Wildman–Crippen LogP) is 5.62. The Balaban J connectivity index is 1.62. The van der Waals surface area contributed by atoms with Crippen LogP contribution >= 0.6 is 15.9 Å². The maximum atomic E-state index is 6.65. The molecule has 7 nitrogen and oxygen atoms in total. The normalized spacial score (nSPS) is 18.2. The monoisotopic (exact) mass is 516 g/mol. The molecule has 1 N–H and O–H groups in total. The number of nitrogens with zero attached hydrogens (tertiary/aromatic N) is 3. The van der Waals surface area contributed by atoms with Crippen molar-refractivity contribution in [1.82, 2.24) is 14.8 Å². The molecule has 2 atom stereocenters. The maximum absolute atomic E-state index is 6.65. The number of ether oxygens (including phenoxy) is 3. The van der Waals surface area contributed by atoms with E-state index in [1.165, 1.54) is 0 Å². The minimum atomic E-state index is -0.342. The first-order valence-electron chi connectivity index (χ1n) is 10.8. The lowest BCUT2D eigenvalue weighted by Crippen LogP contribution is -2.32. The van der Waals surface area contributed by atoms with Crippen molar-refractivity contribution in [1.29, 1.82) is 0 Å². The number of nitrogens with one attached hydrogen (secondary N) is 1. The zero-order valence-corrected chi connectivity index (χ0v) is 20.1. The van der Waals surface area contributed by atoms with E-state index < -0.39 is 0 Å². The van der Waals surface area contributed by atoms with Crippen LogP contribution in [0.1, 0.15) is 28.8 Å². The highest BCUT2D eigenvalue weighted by molar-refractivity contribution is 9.10. The van der Waals surface area contributed by atoms with E-state index in [0.717, 1.165) is 38.2 Å². The number of benzene rings is 3. The van der Waals surface area contributed by atoms with Crippen molar-refractivity contribution in [3.8, 4) is 17.2 Å².